The smallest absolute Gasteiger partial charge is 0.101 e. The summed E-state index contributed by atoms with van der Waals surface area (Å²) in [5.74, 6) is 0. The lowest BCUT2D eigenvalue weighted by atomic mass is 10.2. The molecule has 0 saturated heterocycles. The average molecular weight is 292 g/mol. The van der Waals surface area contributed by atoms with E-state index in [1.54, 1.807) is 6.07 Å². The third-order valence-electron chi connectivity index (χ3n) is 2.90. The van der Waals surface area contributed by atoms with Gasteiger partial charge in [0.25, 0.3) is 0 Å². The zero-order valence-electron chi connectivity index (χ0n) is 12.5. The van der Waals surface area contributed by atoms with Crippen LogP contribution in [0.2, 0.25) is 0 Å². The normalized spacial score (nSPS) is 11.9. The van der Waals surface area contributed by atoms with Crippen LogP contribution in [0.4, 0.5) is 5.69 Å². The number of aliphatic hydroxyl groups excluding tert-OH is 1. The third-order valence-corrected chi connectivity index (χ3v) is 2.90. The van der Waals surface area contributed by atoms with Crippen LogP contribution in [0.5, 0.6) is 0 Å². The Morgan fingerprint density at radius 2 is 2.00 bits per heavy atom. The zero-order valence-corrected chi connectivity index (χ0v) is 12.5. The van der Waals surface area contributed by atoms with Crippen LogP contribution in [0.3, 0.4) is 0 Å². The molecule has 0 radical (unpaired) electrons. The molecule has 0 aliphatic heterocycles. The molecule has 1 atom stereocenters. The number of anilines is 1. The Morgan fingerprint density at radius 3 is 2.76 bits per heavy atom. The number of unbranched alkanes of at least 4 members (excludes halogenated alkanes) is 1. The van der Waals surface area contributed by atoms with Crippen LogP contribution in [0.15, 0.2) is 24.3 Å². The van der Waals surface area contributed by atoms with Gasteiger partial charge in [0.05, 0.1) is 37.2 Å². The highest BCUT2D eigenvalue weighted by molar-refractivity contribution is 5.57. The zero-order chi connectivity index (χ0) is 15.3. The molecule has 2 N–H and O–H groups in total. The summed E-state index contributed by atoms with van der Waals surface area (Å²) in [6.07, 6.45) is 1.56. The molecule has 0 saturated carbocycles. The lowest BCUT2D eigenvalue weighted by Crippen LogP contribution is -2.26. The van der Waals surface area contributed by atoms with Crippen molar-refractivity contribution < 1.29 is 14.6 Å². The highest BCUT2D eigenvalue weighted by Crippen LogP contribution is 2.13. The molecule has 0 bridgehead atoms. The summed E-state index contributed by atoms with van der Waals surface area (Å²) < 4.78 is 10.7. The number of nitrogens with zero attached hydrogens (tertiary/aromatic N) is 1. The molecule has 1 rings (SSSR count). The van der Waals surface area contributed by atoms with Gasteiger partial charge in [-0.05, 0) is 18.6 Å². The van der Waals surface area contributed by atoms with Crippen molar-refractivity contribution in [1.82, 2.24) is 0 Å². The lowest BCUT2D eigenvalue weighted by molar-refractivity contribution is 0.00749. The van der Waals surface area contributed by atoms with Crippen LogP contribution >= 0.6 is 0 Å². The first-order valence-electron chi connectivity index (χ1n) is 7.34. The van der Waals surface area contributed by atoms with Crippen molar-refractivity contribution in [1.29, 1.82) is 5.26 Å². The second-order valence-corrected chi connectivity index (χ2v) is 4.73. The Morgan fingerprint density at radius 1 is 1.24 bits per heavy atom. The van der Waals surface area contributed by atoms with E-state index in [4.69, 9.17) is 14.7 Å². The minimum Gasteiger partial charge on any atom is -0.389 e. The van der Waals surface area contributed by atoms with Gasteiger partial charge in [-0.25, -0.2) is 0 Å². The number of nitrogens with one attached hydrogen (secondary N) is 1. The molecular formula is C16H24N2O3. The van der Waals surface area contributed by atoms with Gasteiger partial charge >= 0.3 is 0 Å². The molecule has 1 aromatic rings. The van der Waals surface area contributed by atoms with Crippen LogP contribution in [0.1, 0.15) is 25.3 Å². The molecule has 21 heavy (non-hydrogen) atoms. The first-order chi connectivity index (χ1) is 10.3. The predicted octanol–water partition coefficient (Wildman–Crippen LogP) is 2.16. The van der Waals surface area contributed by atoms with E-state index in [0.717, 1.165) is 25.1 Å². The second-order valence-electron chi connectivity index (χ2n) is 4.73. The largest absolute Gasteiger partial charge is 0.389 e. The number of ether oxygens (including phenoxy) is 2. The summed E-state index contributed by atoms with van der Waals surface area (Å²) in [6.45, 7) is 4.50. The van der Waals surface area contributed by atoms with Gasteiger partial charge in [0, 0.05) is 13.2 Å². The van der Waals surface area contributed by atoms with Gasteiger partial charge < -0.3 is 19.9 Å². The Bertz CT molecular complexity index is 432. The molecule has 0 aromatic heterocycles. The fraction of sp³-hybridized carbons (Fsp3) is 0.562. The third kappa shape index (κ3) is 7.66. The van der Waals surface area contributed by atoms with Crippen molar-refractivity contribution in [3.8, 4) is 6.07 Å². The van der Waals surface area contributed by atoms with Crippen LogP contribution in [0, 0.1) is 11.3 Å². The van der Waals surface area contributed by atoms with Crippen LogP contribution in [0.25, 0.3) is 0 Å². The number of nitriles is 1. The van der Waals surface area contributed by atoms with Crippen molar-refractivity contribution >= 4 is 5.69 Å². The maximum Gasteiger partial charge on any atom is 0.101 e. The van der Waals surface area contributed by atoms with Gasteiger partial charge in [0.2, 0.25) is 0 Å². The number of benzene rings is 1. The Balaban J connectivity index is 2.11. The molecule has 0 spiro atoms. The summed E-state index contributed by atoms with van der Waals surface area (Å²) in [4.78, 5) is 0. The van der Waals surface area contributed by atoms with E-state index in [1.165, 1.54) is 0 Å². The molecule has 0 heterocycles. The van der Waals surface area contributed by atoms with Crippen LogP contribution in [-0.2, 0) is 9.47 Å². The van der Waals surface area contributed by atoms with Crippen molar-refractivity contribution in [2.45, 2.75) is 25.9 Å². The second kappa shape index (κ2) is 11.1. The van der Waals surface area contributed by atoms with E-state index in [0.29, 0.717) is 25.3 Å². The molecule has 5 heteroatoms. The Hall–Kier alpha value is -1.61. The van der Waals surface area contributed by atoms with Gasteiger partial charge in [-0.1, -0.05) is 25.5 Å². The summed E-state index contributed by atoms with van der Waals surface area (Å²) >= 11 is 0. The predicted molar refractivity (Wildman–Crippen MR) is 82.2 cm³/mol. The van der Waals surface area contributed by atoms with Gasteiger partial charge in [-0.2, -0.15) is 5.26 Å². The Labute approximate surface area is 126 Å². The van der Waals surface area contributed by atoms with Gasteiger partial charge in [0.1, 0.15) is 6.07 Å². The van der Waals surface area contributed by atoms with Gasteiger partial charge in [-0.3, -0.25) is 0 Å². The average Bonchev–Trinajstić information content (AvgIpc) is 2.52. The highest BCUT2D eigenvalue weighted by atomic mass is 16.5. The topological polar surface area (TPSA) is 74.5 Å². The first-order valence-corrected chi connectivity index (χ1v) is 7.34. The molecular weight excluding hydrogens is 268 g/mol. The summed E-state index contributed by atoms with van der Waals surface area (Å²) in [5.41, 5.74) is 1.29. The SMILES string of the molecule is CCCCOCCOCC(O)CNc1ccccc1C#N. The van der Waals surface area contributed by atoms with E-state index in [1.807, 2.05) is 18.2 Å². The van der Waals surface area contributed by atoms with Crippen molar-refractivity contribution in [2.75, 3.05) is 38.3 Å². The van der Waals surface area contributed by atoms with Crippen molar-refractivity contribution in [3.63, 3.8) is 0 Å². The summed E-state index contributed by atoms with van der Waals surface area (Å²) in [6, 6.07) is 9.31. The number of hydrogen-bond acceptors (Lipinski definition) is 5. The molecule has 1 unspecified atom stereocenters. The summed E-state index contributed by atoms with van der Waals surface area (Å²) in [7, 11) is 0. The molecule has 0 aliphatic rings. The molecule has 0 amide bonds. The molecule has 5 nitrogen and oxygen atoms in total. The van der Waals surface area contributed by atoms with E-state index >= 15 is 0 Å². The van der Waals surface area contributed by atoms with Crippen molar-refractivity contribution in [2.24, 2.45) is 0 Å². The minimum absolute atomic E-state index is 0.249. The first kappa shape index (κ1) is 17.4. The van der Waals surface area contributed by atoms with E-state index in [9.17, 15) is 5.11 Å². The minimum atomic E-state index is -0.618. The fourth-order valence-electron chi connectivity index (χ4n) is 1.71. The maximum atomic E-state index is 9.80. The Kier molecular flexibility index (Phi) is 9.21. The number of hydrogen-bond donors (Lipinski definition) is 2. The quantitative estimate of drug-likeness (QED) is 0.611. The van der Waals surface area contributed by atoms with E-state index in [-0.39, 0.29) is 6.61 Å². The standard InChI is InChI=1S/C16H24N2O3/c1-2-3-8-20-9-10-21-13-15(19)12-18-16-7-5-4-6-14(16)11-17/h4-7,15,18-19H,2-3,8-10,12-13H2,1H3. The van der Waals surface area contributed by atoms with Crippen LogP contribution in [-0.4, -0.2) is 44.2 Å². The number of rotatable bonds is 11. The number of para-hydroxylation sites is 1. The molecule has 116 valence electrons. The lowest BCUT2D eigenvalue weighted by Gasteiger charge is -2.14. The van der Waals surface area contributed by atoms with Crippen LogP contribution < -0.4 is 5.32 Å². The monoisotopic (exact) mass is 292 g/mol. The van der Waals surface area contributed by atoms with Gasteiger partial charge in [0.15, 0.2) is 0 Å². The molecule has 0 fully saturated rings. The summed E-state index contributed by atoms with van der Waals surface area (Å²) in [5, 5.41) is 21.8. The maximum absolute atomic E-state index is 9.80. The number of aliphatic hydroxyl groups is 1. The molecule has 1 aromatic carbocycles. The molecule has 0 aliphatic carbocycles. The highest BCUT2D eigenvalue weighted by Gasteiger charge is 2.06. The van der Waals surface area contributed by atoms with Gasteiger partial charge in [-0.15, -0.1) is 0 Å². The van der Waals surface area contributed by atoms with E-state index in [2.05, 4.69) is 18.3 Å². The van der Waals surface area contributed by atoms with E-state index < -0.39 is 6.10 Å². The van der Waals surface area contributed by atoms with Crippen molar-refractivity contribution in [3.05, 3.63) is 29.8 Å². The fourth-order valence-corrected chi connectivity index (χ4v) is 1.71.